The summed E-state index contributed by atoms with van der Waals surface area (Å²) in [5.41, 5.74) is 3.06. The largest absolute Gasteiger partial charge is 0.419 e. The molecule has 2 rings (SSSR count). The van der Waals surface area contributed by atoms with Crippen molar-refractivity contribution in [2.75, 3.05) is 5.32 Å². The molecular weight excluding hydrogens is 288 g/mol. The zero-order chi connectivity index (χ0) is 13.6. The Balaban J connectivity index is 0.00000180. The SMILES string of the molecule is Cl.NC1(C(=O)Nc2ccc(F)c(C(F)(F)F)c2)CC1. The van der Waals surface area contributed by atoms with Crippen molar-refractivity contribution in [1.29, 1.82) is 0 Å². The number of anilines is 1. The van der Waals surface area contributed by atoms with Crippen LogP contribution in [0.1, 0.15) is 18.4 Å². The number of hydrogen-bond donors (Lipinski definition) is 2. The first-order valence-electron chi connectivity index (χ1n) is 5.19. The Kier molecular flexibility index (Phi) is 4.11. The molecule has 1 fully saturated rings. The van der Waals surface area contributed by atoms with E-state index in [0.29, 0.717) is 25.0 Å². The predicted octanol–water partition coefficient (Wildman–Crippen LogP) is 2.70. The molecule has 0 spiro atoms. The second-order valence-corrected chi connectivity index (χ2v) is 4.30. The monoisotopic (exact) mass is 298 g/mol. The second-order valence-electron chi connectivity index (χ2n) is 4.30. The Morgan fingerprint density at radius 1 is 1.32 bits per heavy atom. The van der Waals surface area contributed by atoms with Crippen molar-refractivity contribution in [3.8, 4) is 0 Å². The van der Waals surface area contributed by atoms with Crippen LogP contribution in [0.15, 0.2) is 18.2 Å². The van der Waals surface area contributed by atoms with Crippen molar-refractivity contribution in [1.82, 2.24) is 0 Å². The number of nitrogens with two attached hydrogens (primary N) is 1. The van der Waals surface area contributed by atoms with Crippen molar-refractivity contribution in [3.63, 3.8) is 0 Å². The minimum atomic E-state index is -4.80. The lowest BCUT2D eigenvalue weighted by Crippen LogP contribution is -2.37. The van der Waals surface area contributed by atoms with Crippen LogP contribution < -0.4 is 11.1 Å². The van der Waals surface area contributed by atoms with Crippen LogP contribution in [-0.2, 0) is 11.0 Å². The first-order chi connectivity index (χ1) is 8.22. The predicted molar refractivity (Wildman–Crippen MR) is 63.4 cm³/mol. The van der Waals surface area contributed by atoms with E-state index in [1.54, 1.807) is 0 Å². The van der Waals surface area contributed by atoms with Gasteiger partial charge in [-0.3, -0.25) is 4.79 Å². The number of halogens is 5. The average molecular weight is 299 g/mol. The van der Waals surface area contributed by atoms with Crippen molar-refractivity contribution in [3.05, 3.63) is 29.6 Å². The van der Waals surface area contributed by atoms with Crippen LogP contribution in [0.3, 0.4) is 0 Å². The van der Waals surface area contributed by atoms with Gasteiger partial charge < -0.3 is 11.1 Å². The summed E-state index contributed by atoms with van der Waals surface area (Å²) >= 11 is 0. The van der Waals surface area contributed by atoms with E-state index < -0.39 is 29.0 Å². The summed E-state index contributed by atoms with van der Waals surface area (Å²) in [6.45, 7) is 0. The van der Waals surface area contributed by atoms with E-state index in [0.717, 1.165) is 6.07 Å². The number of hydrogen-bond acceptors (Lipinski definition) is 2. The molecule has 3 nitrogen and oxygen atoms in total. The van der Waals surface area contributed by atoms with E-state index in [4.69, 9.17) is 5.73 Å². The lowest BCUT2D eigenvalue weighted by Gasteiger charge is -2.13. The van der Waals surface area contributed by atoms with E-state index in [9.17, 15) is 22.4 Å². The number of benzene rings is 1. The maximum Gasteiger partial charge on any atom is 0.419 e. The van der Waals surface area contributed by atoms with Gasteiger partial charge >= 0.3 is 6.18 Å². The molecule has 0 unspecified atom stereocenters. The molecule has 0 aliphatic heterocycles. The molecular formula is C11H11ClF4N2O. The highest BCUT2D eigenvalue weighted by Crippen LogP contribution is 2.35. The maximum absolute atomic E-state index is 13.0. The Morgan fingerprint density at radius 3 is 2.37 bits per heavy atom. The molecule has 0 heterocycles. The zero-order valence-corrected chi connectivity index (χ0v) is 10.4. The number of rotatable bonds is 2. The number of nitrogens with one attached hydrogen (secondary N) is 1. The van der Waals surface area contributed by atoms with Crippen LogP contribution in [0.25, 0.3) is 0 Å². The van der Waals surface area contributed by atoms with E-state index >= 15 is 0 Å². The van der Waals surface area contributed by atoms with Crippen LogP contribution in [0.5, 0.6) is 0 Å². The number of carbonyl (C=O) groups is 1. The van der Waals surface area contributed by atoms with Crippen LogP contribution in [0.4, 0.5) is 23.2 Å². The second kappa shape index (κ2) is 4.97. The molecule has 1 aromatic rings. The molecule has 8 heteroatoms. The third-order valence-corrected chi connectivity index (χ3v) is 2.77. The van der Waals surface area contributed by atoms with Gasteiger partial charge in [0.15, 0.2) is 0 Å². The molecule has 0 aromatic heterocycles. The van der Waals surface area contributed by atoms with Crippen LogP contribution in [0, 0.1) is 5.82 Å². The first kappa shape index (κ1) is 15.7. The molecule has 1 aromatic carbocycles. The zero-order valence-electron chi connectivity index (χ0n) is 9.55. The summed E-state index contributed by atoms with van der Waals surface area (Å²) in [5, 5.41) is 2.25. The number of carbonyl (C=O) groups excluding carboxylic acids is 1. The molecule has 106 valence electrons. The van der Waals surface area contributed by atoms with Crippen LogP contribution in [-0.4, -0.2) is 11.4 Å². The Hall–Kier alpha value is -1.34. The van der Waals surface area contributed by atoms with Gasteiger partial charge in [0, 0.05) is 5.69 Å². The van der Waals surface area contributed by atoms with Gasteiger partial charge in [-0.25, -0.2) is 4.39 Å². The molecule has 1 amide bonds. The molecule has 3 N–H and O–H groups in total. The molecule has 19 heavy (non-hydrogen) atoms. The lowest BCUT2D eigenvalue weighted by atomic mass is 10.1. The average Bonchev–Trinajstić information content (AvgIpc) is 2.99. The molecule has 1 aliphatic carbocycles. The fourth-order valence-corrected chi connectivity index (χ4v) is 1.44. The van der Waals surface area contributed by atoms with Gasteiger partial charge in [0.1, 0.15) is 5.82 Å². The van der Waals surface area contributed by atoms with Crippen LogP contribution in [0.2, 0.25) is 0 Å². The highest BCUT2D eigenvalue weighted by molar-refractivity contribution is 6.00. The van der Waals surface area contributed by atoms with E-state index in [2.05, 4.69) is 5.32 Å². The third-order valence-electron chi connectivity index (χ3n) is 2.77. The summed E-state index contributed by atoms with van der Waals surface area (Å²) in [5.74, 6) is -1.93. The van der Waals surface area contributed by atoms with Crippen molar-refractivity contribution < 1.29 is 22.4 Å². The van der Waals surface area contributed by atoms with Gasteiger partial charge in [-0.05, 0) is 31.0 Å². The highest BCUT2D eigenvalue weighted by Gasteiger charge is 2.46. The highest BCUT2D eigenvalue weighted by atomic mass is 35.5. The van der Waals surface area contributed by atoms with Gasteiger partial charge in [-0.1, -0.05) is 0 Å². The maximum atomic E-state index is 13.0. The van der Waals surface area contributed by atoms with Gasteiger partial charge in [0.05, 0.1) is 11.1 Å². The first-order valence-corrected chi connectivity index (χ1v) is 5.19. The van der Waals surface area contributed by atoms with Crippen LogP contribution >= 0.6 is 12.4 Å². The molecule has 0 atom stereocenters. The lowest BCUT2D eigenvalue weighted by molar-refractivity contribution is -0.140. The summed E-state index contributed by atoms with van der Waals surface area (Å²) in [7, 11) is 0. The Labute approximate surface area is 112 Å². The van der Waals surface area contributed by atoms with E-state index in [1.807, 2.05) is 0 Å². The van der Waals surface area contributed by atoms with Gasteiger partial charge in [-0.2, -0.15) is 13.2 Å². The molecule has 0 radical (unpaired) electrons. The standard InChI is InChI=1S/C11H10F4N2O.ClH/c12-8-2-1-6(5-7(8)11(13,14)15)17-9(18)10(16)3-4-10;/h1-2,5H,3-4,16H2,(H,17,18);1H. The van der Waals surface area contributed by atoms with Gasteiger partial charge in [0.2, 0.25) is 5.91 Å². The number of alkyl halides is 3. The van der Waals surface area contributed by atoms with E-state index in [1.165, 1.54) is 0 Å². The summed E-state index contributed by atoms with van der Waals surface area (Å²) in [6.07, 6.45) is -3.82. The van der Waals surface area contributed by atoms with Crippen molar-refractivity contribution in [2.24, 2.45) is 5.73 Å². The van der Waals surface area contributed by atoms with Gasteiger partial charge in [0.25, 0.3) is 0 Å². The minimum Gasteiger partial charge on any atom is -0.324 e. The molecule has 1 saturated carbocycles. The fourth-order valence-electron chi connectivity index (χ4n) is 1.44. The normalized spacial score (nSPS) is 16.5. The van der Waals surface area contributed by atoms with Crippen molar-refractivity contribution in [2.45, 2.75) is 24.6 Å². The minimum absolute atomic E-state index is 0. The van der Waals surface area contributed by atoms with Crippen molar-refractivity contribution >= 4 is 24.0 Å². The molecule has 1 aliphatic rings. The number of amides is 1. The summed E-state index contributed by atoms with van der Waals surface area (Å²) in [6, 6.07) is 2.28. The van der Waals surface area contributed by atoms with Gasteiger partial charge in [-0.15, -0.1) is 12.4 Å². The summed E-state index contributed by atoms with van der Waals surface area (Å²) < 4.78 is 50.3. The summed E-state index contributed by atoms with van der Waals surface area (Å²) in [4.78, 5) is 11.5. The molecule has 0 bridgehead atoms. The fraction of sp³-hybridized carbons (Fsp3) is 0.364. The third kappa shape index (κ3) is 3.36. The van der Waals surface area contributed by atoms with E-state index in [-0.39, 0.29) is 18.1 Å². The Morgan fingerprint density at radius 2 is 1.89 bits per heavy atom. The topological polar surface area (TPSA) is 55.1 Å². The Bertz CT molecular complexity index is 500. The smallest absolute Gasteiger partial charge is 0.324 e. The molecule has 0 saturated heterocycles. The quantitative estimate of drug-likeness (QED) is 0.825.